The maximum absolute atomic E-state index is 14.3. The summed E-state index contributed by atoms with van der Waals surface area (Å²) in [6, 6.07) is 5.42. The molecule has 2 aromatic carbocycles. The fourth-order valence-corrected chi connectivity index (χ4v) is 3.39. The molecule has 2 aromatic rings. The number of aliphatic carboxylic acids is 1. The fraction of sp³-hybridized carbons (Fsp3) is 0.200. The number of carbonyl (C=O) groups is 4. The number of esters is 1. The van der Waals surface area contributed by atoms with Crippen LogP contribution in [-0.2, 0) is 14.4 Å². The quantitative estimate of drug-likeness (QED) is 0.506. The molecule has 1 atom stereocenters. The molecule has 10 heteroatoms. The Bertz CT molecular complexity index is 1010. The number of hydrogen-bond donors (Lipinski definition) is 2. The van der Waals surface area contributed by atoms with Crippen molar-refractivity contribution in [2.75, 3.05) is 5.75 Å². The van der Waals surface area contributed by atoms with E-state index in [2.05, 4.69) is 5.32 Å². The predicted molar refractivity (Wildman–Crippen MR) is 105 cm³/mol. The Hall–Kier alpha value is -3.27. The van der Waals surface area contributed by atoms with E-state index in [1.165, 1.54) is 18.2 Å². The summed E-state index contributed by atoms with van der Waals surface area (Å²) >= 11 is 0.582. The lowest BCUT2D eigenvalue weighted by atomic mass is 9.99. The zero-order valence-corrected chi connectivity index (χ0v) is 16.7. The molecule has 0 aromatic heterocycles. The van der Waals surface area contributed by atoms with E-state index in [0.717, 1.165) is 26.0 Å². The van der Waals surface area contributed by atoms with Crippen molar-refractivity contribution in [3.63, 3.8) is 0 Å². The van der Waals surface area contributed by atoms with Crippen LogP contribution in [-0.4, -0.2) is 39.9 Å². The number of ether oxygens (including phenoxy) is 1. The Morgan fingerprint density at radius 2 is 1.73 bits per heavy atom. The van der Waals surface area contributed by atoms with Gasteiger partial charge in [-0.3, -0.25) is 14.4 Å². The summed E-state index contributed by atoms with van der Waals surface area (Å²) in [6.45, 7) is 2.30. The molecule has 2 N–H and O–H groups in total. The zero-order valence-electron chi connectivity index (χ0n) is 15.9. The van der Waals surface area contributed by atoms with E-state index in [4.69, 9.17) is 9.84 Å². The van der Waals surface area contributed by atoms with Crippen LogP contribution in [0.4, 0.5) is 8.78 Å². The Labute approximate surface area is 174 Å². The number of carboxylic acid groups (broad SMARTS) is 1. The van der Waals surface area contributed by atoms with Gasteiger partial charge in [-0.15, -0.1) is 0 Å². The normalized spacial score (nSPS) is 11.5. The van der Waals surface area contributed by atoms with Crippen molar-refractivity contribution >= 4 is 34.7 Å². The van der Waals surface area contributed by atoms with Crippen molar-refractivity contribution in [1.82, 2.24) is 5.32 Å². The van der Waals surface area contributed by atoms with E-state index in [0.29, 0.717) is 17.8 Å². The van der Waals surface area contributed by atoms with Crippen molar-refractivity contribution < 1.29 is 37.8 Å². The highest BCUT2D eigenvalue weighted by atomic mass is 32.2. The number of halogens is 2. The van der Waals surface area contributed by atoms with Crippen LogP contribution in [0.1, 0.15) is 24.2 Å². The Morgan fingerprint density at radius 1 is 1.07 bits per heavy atom. The highest BCUT2D eigenvalue weighted by Crippen LogP contribution is 2.32. The summed E-state index contributed by atoms with van der Waals surface area (Å²) < 4.78 is 32.5. The van der Waals surface area contributed by atoms with Gasteiger partial charge in [0.25, 0.3) is 0 Å². The van der Waals surface area contributed by atoms with Gasteiger partial charge in [0.15, 0.2) is 0 Å². The highest BCUT2D eigenvalue weighted by molar-refractivity contribution is 8.14. The summed E-state index contributed by atoms with van der Waals surface area (Å²) in [5.74, 6) is -4.53. The first-order chi connectivity index (χ1) is 14.1. The summed E-state index contributed by atoms with van der Waals surface area (Å²) in [5.41, 5.74) is -0.0325. The molecular weight excluding hydrogens is 420 g/mol. The average molecular weight is 437 g/mol. The number of hydrogen-bond acceptors (Lipinski definition) is 6. The van der Waals surface area contributed by atoms with Gasteiger partial charge in [-0.2, -0.15) is 0 Å². The molecular formula is C20H17F2NO6S. The van der Waals surface area contributed by atoms with Crippen molar-refractivity contribution in [3.05, 3.63) is 53.6 Å². The smallest absolute Gasteiger partial charge is 0.327 e. The van der Waals surface area contributed by atoms with Gasteiger partial charge in [-0.1, -0.05) is 11.8 Å². The van der Waals surface area contributed by atoms with Crippen molar-refractivity contribution in [1.29, 1.82) is 0 Å². The number of amides is 1. The van der Waals surface area contributed by atoms with Crippen LogP contribution < -0.4 is 10.1 Å². The first-order valence-electron chi connectivity index (χ1n) is 8.53. The van der Waals surface area contributed by atoms with Gasteiger partial charge in [0, 0.05) is 36.8 Å². The largest absolute Gasteiger partial charge is 0.480 e. The topological polar surface area (TPSA) is 110 Å². The van der Waals surface area contributed by atoms with E-state index in [9.17, 15) is 28.0 Å². The van der Waals surface area contributed by atoms with Crippen LogP contribution in [0.25, 0.3) is 11.1 Å². The van der Waals surface area contributed by atoms with Crippen LogP contribution in [0.5, 0.6) is 5.75 Å². The average Bonchev–Trinajstić information content (AvgIpc) is 2.64. The Kier molecular flexibility index (Phi) is 7.65. The lowest BCUT2D eigenvalue weighted by Gasteiger charge is -2.14. The minimum Gasteiger partial charge on any atom is -0.480 e. The first kappa shape index (κ1) is 23.0. The summed E-state index contributed by atoms with van der Waals surface area (Å²) in [5, 5.41) is 10.7. The molecule has 0 fully saturated rings. The summed E-state index contributed by atoms with van der Waals surface area (Å²) in [4.78, 5) is 46.4. The number of carboxylic acids is 1. The fourth-order valence-electron chi connectivity index (χ4n) is 2.52. The van der Waals surface area contributed by atoms with Crippen molar-refractivity contribution in [2.24, 2.45) is 0 Å². The van der Waals surface area contributed by atoms with Gasteiger partial charge in [0.1, 0.15) is 23.4 Å². The molecule has 0 saturated carbocycles. The van der Waals surface area contributed by atoms with Crippen molar-refractivity contribution in [3.8, 4) is 16.9 Å². The molecule has 0 radical (unpaired) electrons. The molecule has 0 aliphatic carbocycles. The third-order valence-corrected chi connectivity index (χ3v) is 4.73. The zero-order chi connectivity index (χ0) is 22.4. The SMILES string of the molecule is CC(=O)N[C@@H](CSC(=O)c1cc(OC(C)=O)ccc1-c1ccc(F)cc1F)C(=O)O. The summed E-state index contributed by atoms with van der Waals surface area (Å²) in [7, 11) is 0. The Morgan fingerprint density at radius 3 is 2.30 bits per heavy atom. The van der Waals surface area contributed by atoms with Crippen LogP contribution in [0.3, 0.4) is 0 Å². The molecule has 0 aliphatic rings. The van der Waals surface area contributed by atoms with E-state index in [1.54, 1.807) is 0 Å². The third-order valence-electron chi connectivity index (χ3n) is 3.75. The standard InChI is InChI=1S/C20H17F2NO6S/c1-10(24)23-18(19(26)27)9-30-20(28)16-8-13(29-11(2)25)4-6-14(16)15-5-3-12(21)7-17(15)22/h3-8,18H,9H2,1-2H3,(H,23,24)(H,26,27)/t18-/m0/s1. The second kappa shape index (κ2) is 9.97. The lowest BCUT2D eigenvalue weighted by Crippen LogP contribution is -2.41. The molecule has 0 unspecified atom stereocenters. The monoisotopic (exact) mass is 437 g/mol. The first-order valence-corrected chi connectivity index (χ1v) is 9.52. The molecule has 158 valence electrons. The van der Waals surface area contributed by atoms with Gasteiger partial charge in [0.05, 0.1) is 0 Å². The van der Waals surface area contributed by atoms with Crippen LogP contribution >= 0.6 is 11.8 Å². The van der Waals surface area contributed by atoms with Gasteiger partial charge >= 0.3 is 11.9 Å². The molecule has 0 bridgehead atoms. The molecule has 0 saturated heterocycles. The second-order valence-electron chi connectivity index (χ2n) is 6.12. The molecule has 7 nitrogen and oxygen atoms in total. The van der Waals surface area contributed by atoms with Gasteiger partial charge in [-0.25, -0.2) is 13.6 Å². The molecule has 0 aliphatic heterocycles. The number of rotatable bonds is 7. The third kappa shape index (κ3) is 6.11. The van der Waals surface area contributed by atoms with Gasteiger partial charge in [-0.05, 0) is 35.9 Å². The Balaban J connectivity index is 2.41. The number of nitrogens with one attached hydrogen (secondary N) is 1. The molecule has 30 heavy (non-hydrogen) atoms. The summed E-state index contributed by atoms with van der Waals surface area (Å²) in [6.07, 6.45) is 0. The maximum atomic E-state index is 14.3. The van der Waals surface area contributed by atoms with Crippen LogP contribution in [0.2, 0.25) is 0 Å². The molecule has 2 rings (SSSR count). The molecule has 0 heterocycles. The number of thioether (sulfide) groups is 1. The maximum Gasteiger partial charge on any atom is 0.327 e. The lowest BCUT2D eigenvalue weighted by molar-refractivity contribution is -0.140. The minimum absolute atomic E-state index is 0.0226. The van der Waals surface area contributed by atoms with E-state index < -0.39 is 40.6 Å². The van der Waals surface area contributed by atoms with Crippen LogP contribution in [0, 0.1) is 11.6 Å². The number of carbonyl (C=O) groups excluding carboxylic acids is 3. The van der Waals surface area contributed by atoms with Crippen LogP contribution in [0.15, 0.2) is 36.4 Å². The van der Waals surface area contributed by atoms with E-state index in [1.807, 2.05) is 0 Å². The van der Waals surface area contributed by atoms with E-state index >= 15 is 0 Å². The van der Waals surface area contributed by atoms with E-state index in [-0.39, 0.29) is 28.2 Å². The van der Waals surface area contributed by atoms with Gasteiger partial charge < -0.3 is 15.2 Å². The minimum atomic E-state index is -1.33. The molecule has 0 spiro atoms. The molecule has 1 amide bonds. The van der Waals surface area contributed by atoms with Crippen molar-refractivity contribution in [2.45, 2.75) is 19.9 Å². The number of benzene rings is 2. The second-order valence-corrected chi connectivity index (χ2v) is 7.11. The predicted octanol–water partition coefficient (Wildman–Crippen LogP) is 3.02. The highest BCUT2D eigenvalue weighted by Gasteiger charge is 2.23. The van der Waals surface area contributed by atoms with Gasteiger partial charge in [0.2, 0.25) is 11.0 Å².